The Hall–Kier alpha value is -2.96. The van der Waals surface area contributed by atoms with Crippen LogP contribution in [-0.2, 0) is 16.6 Å². The lowest BCUT2D eigenvalue weighted by Crippen LogP contribution is -2.24. The average Bonchev–Trinajstić information content (AvgIpc) is 2.69. The highest BCUT2D eigenvalue weighted by Crippen LogP contribution is 2.19. The first kappa shape index (κ1) is 19.8. The van der Waals surface area contributed by atoms with Gasteiger partial charge in [-0.25, -0.2) is 13.1 Å². The van der Waals surface area contributed by atoms with Gasteiger partial charge in [0.25, 0.3) is 5.91 Å². The summed E-state index contributed by atoms with van der Waals surface area (Å²) < 4.78 is 27.9. The van der Waals surface area contributed by atoms with Gasteiger partial charge in [0, 0.05) is 17.8 Å². The molecular formula is C22H22N2O3S. The molecule has 1 amide bonds. The van der Waals surface area contributed by atoms with Crippen molar-refractivity contribution in [3.05, 3.63) is 95.1 Å². The largest absolute Gasteiger partial charge is 0.322 e. The molecular weight excluding hydrogens is 372 g/mol. The van der Waals surface area contributed by atoms with E-state index in [1.54, 1.807) is 13.0 Å². The van der Waals surface area contributed by atoms with Crippen molar-refractivity contribution in [3.63, 3.8) is 0 Å². The standard InChI is InChI=1S/C22H22N2O3S/c1-16-12-13-19(28(26,27)23-15-18-9-4-3-5-10-18)14-20(16)22(25)24-21-11-7-6-8-17(21)2/h3-14,23H,15H2,1-2H3,(H,24,25). The number of rotatable bonds is 6. The van der Waals surface area contributed by atoms with Gasteiger partial charge in [0.1, 0.15) is 0 Å². The molecule has 0 aliphatic carbocycles. The molecule has 144 valence electrons. The minimum atomic E-state index is -3.74. The first-order valence-electron chi connectivity index (χ1n) is 8.88. The van der Waals surface area contributed by atoms with Gasteiger partial charge in [0.05, 0.1) is 4.90 Å². The van der Waals surface area contributed by atoms with Gasteiger partial charge >= 0.3 is 0 Å². The van der Waals surface area contributed by atoms with Crippen LogP contribution in [0.25, 0.3) is 0 Å². The maximum Gasteiger partial charge on any atom is 0.255 e. The lowest BCUT2D eigenvalue weighted by molar-refractivity contribution is 0.102. The van der Waals surface area contributed by atoms with Crippen LogP contribution < -0.4 is 10.0 Å². The van der Waals surface area contributed by atoms with E-state index in [2.05, 4.69) is 10.0 Å². The molecule has 0 aliphatic rings. The summed E-state index contributed by atoms with van der Waals surface area (Å²) in [5.74, 6) is -0.341. The number of carbonyl (C=O) groups excluding carboxylic acids is 1. The lowest BCUT2D eigenvalue weighted by Gasteiger charge is -2.12. The zero-order valence-electron chi connectivity index (χ0n) is 15.8. The number of benzene rings is 3. The molecule has 28 heavy (non-hydrogen) atoms. The van der Waals surface area contributed by atoms with Gasteiger partial charge in [0.15, 0.2) is 0 Å². The number of sulfonamides is 1. The van der Waals surface area contributed by atoms with Crippen molar-refractivity contribution in [2.45, 2.75) is 25.3 Å². The summed E-state index contributed by atoms with van der Waals surface area (Å²) in [6.45, 7) is 3.86. The Morgan fingerprint density at radius 3 is 2.25 bits per heavy atom. The lowest BCUT2D eigenvalue weighted by atomic mass is 10.1. The van der Waals surface area contributed by atoms with Crippen LogP contribution in [0, 0.1) is 13.8 Å². The Morgan fingerprint density at radius 2 is 1.54 bits per heavy atom. The highest BCUT2D eigenvalue weighted by atomic mass is 32.2. The second-order valence-electron chi connectivity index (χ2n) is 6.56. The number of hydrogen-bond donors (Lipinski definition) is 2. The Morgan fingerprint density at radius 1 is 0.857 bits per heavy atom. The van der Waals surface area contributed by atoms with E-state index in [4.69, 9.17) is 0 Å². The summed E-state index contributed by atoms with van der Waals surface area (Å²) in [5, 5.41) is 2.85. The summed E-state index contributed by atoms with van der Waals surface area (Å²) in [7, 11) is -3.74. The number of anilines is 1. The third-order valence-corrected chi connectivity index (χ3v) is 5.87. The number of carbonyl (C=O) groups is 1. The highest BCUT2D eigenvalue weighted by molar-refractivity contribution is 7.89. The summed E-state index contributed by atoms with van der Waals surface area (Å²) in [6.07, 6.45) is 0. The van der Waals surface area contributed by atoms with Crippen LogP contribution in [0.15, 0.2) is 77.7 Å². The zero-order valence-corrected chi connectivity index (χ0v) is 16.6. The molecule has 2 N–H and O–H groups in total. The molecule has 0 unspecified atom stereocenters. The van der Waals surface area contributed by atoms with Crippen LogP contribution in [-0.4, -0.2) is 14.3 Å². The fourth-order valence-electron chi connectivity index (χ4n) is 2.77. The molecule has 0 spiro atoms. The molecule has 0 heterocycles. The molecule has 0 radical (unpaired) electrons. The quantitative estimate of drug-likeness (QED) is 0.663. The van der Waals surface area contributed by atoms with Crippen molar-refractivity contribution in [2.24, 2.45) is 0 Å². The van der Waals surface area contributed by atoms with Gasteiger partial charge in [-0.15, -0.1) is 0 Å². The predicted octanol–water partition coefficient (Wildman–Crippen LogP) is 4.03. The second-order valence-corrected chi connectivity index (χ2v) is 8.32. The second kappa shape index (κ2) is 8.37. The molecule has 0 bridgehead atoms. The molecule has 0 saturated carbocycles. The summed E-state index contributed by atoms with van der Waals surface area (Å²) >= 11 is 0. The van der Waals surface area contributed by atoms with Crippen molar-refractivity contribution in [1.29, 1.82) is 0 Å². The van der Waals surface area contributed by atoms with Crippen molar-refractivity contribution in [3.8, 4) is 0 Å². The van der Waals surface area contributed by atoms with Crippen LogP contribution in [0.2, 0.25) is 0 Å². The third-order valence-electron chi connectivity index (χ3n) is 4.47. The van der Waals surface area contributed by atoms with Gasteiger partial charge in [-0.2, -0.15) is 0 Å². The van der Waals surface area contributed by atoms with Gasteiger partial charge in [-0.3, -0.25) is 4.79 Å². The monoisotopic (exact) mass is 394 g/mol. The van der Waals surface area contributed by atoms with E-state index in [0.717, 1.165) is 11.1 Å². The third kappa shape index (κ3) is 4.65. The molecule has 0 aromatic heterocycles. The Labute approximate surface area is 165 Å². The van der Waals surface area contributed by atoms with Crippen molar-refractivity contribution >= 4 is 21.6 Å². The number of amides is 1. The fourth-order valence-corrected chi connectivity index (χ4v) is 3.82. The van der Waals surface area contributed by atoms with E-state index in [1.165, 1.54) is 12.1 Å². The van der Waals surface area contributed by atoms with E-state index in [9.17, 15) is 13.2 Å². The topological polar surface area (TPSA) is 75.3 Å². The normalized spacial score (nSPS) is 11.2. The first-order valence-corrected chi connectivity index (χ1v) is 10.4. The number of aryl methyl sites for hydroxylation is 2. The highest BCUT2D eigenvalue weighted by Gasteiger charge is 2.18. The molecule has 0 atom stereocenters. The van der Waals surface area contributed by atoms with Gasteiger partial charge in [-0.05, 0) is 48.7 Å². The van der Waals surface area contributed by atoms with E-state index in [1.807, 2.05) is 61.5 Å². The first-order chi connectivity index (χ1) is 13.4. The molecule has 6 heteroatoms. The van der Waals surface area contributed by atoms with Crippen LogP contribution in [0.5, 0.6) is 0 Å². The van der Waals surface area contributed by atoms with E-state index >= 15 is 0 Å². The molecule has 0 aliphatic heterocycles. The van der Waals surface area contributed by atoms with Crippen LogP contribution in [0.3, 0.4) is 0 Å². The van der Waals surface area contributed by atoms with E-state index < -0.39 is 10.0 Å². The van der Waals surface area contributed by atoms with Crippen LogP contribution in [0.4, 0.5) is 5.69 Å². The molecule has 3 rings (SSSR count). The summed E-state index contributed by atoms with van der Waals surface area (Å²) in [6, 6.07) is 21.3. The molecule has 3 aromatic rings. The number of hydrogen-bond acceptors (Lipinski definition) is 3. The van der Waals surface area contributed by atoms with E-state index in [-0.39, 0.29) is 17.3 Å². The fraction of sp³-hybridized carbons (Fsp3) is 0.136. The van der Waals surface area contributed by atoms with E-state index in [0.29, 0.717) is 16.8 Å². The molecule has 3 aromatic carbocycles. The Bertz CT molecular complexity index is 1090. The molecule has 0 fully saturated rings. The van der Waals surface area contributed by atoms with Crippen molar-refractivity contribution in [2.75, 3.05) is 5.32 Å². The molecule has 0 saturated heterocycles. The van der Waals surface area contributed by atoms with Crippen LogP contribution >= 0.6 is 0 Å². The summed E-state index contributed by atoms with van der Waals surface area (Å²) in [4.78, 5) is 12.8. The summed E-state index contributed by atoms with van der Waals surface area (Å²) in [5.41, 5.74) is 3.51. The average molecular weight is 394 g/mol. The Balaban J connectivity index is 1.82. The maximum absolute atomic E-state index is 12.7. The van der Waals surface area contributed by atoms with Gasteiger partial charge in [0.2, 0.25) is 10.0 Å². The predicted molar refractivity (Wildman–Crippen MR) is 111 cm³/mol. The van der Waals surface area contributed by atoms with Crippen LogP contribution in [0.1, 0.15) is 27.0 Å². The minimum absolute atomic E-state index is 0.0592. The van der Waals surface area contributed by atoms with Crippen molar-refractivity contribution < 1.29 is 13.2 Å². The van der Waals surface area contributed by atoms with Crippen molar-refractivity contribution in [1.82, 2.24) is 4.72 Å². The molecule has 5 nitrogen and oxygen atoms in total. The number of para-hydroxylation sites is 1. The SMILES string of the molecule is Cc1ccccc1NC(=O)c1cc(S(=O)(=O)NCc2ccccc2)ccc1C. The van der Waals surface area contributed by atoms with Gasteiger partial charge in [-0.1, -0.05) is 54.6 Å². The smallest absolute Gasteiger partial charge is 0.255 e. The maximum atomic E-state index is 12.7. The van der Waals surface area contributed by atoms with Gasteiger partial charge < -0.3 is 5.32 Å². The Kier molecular flexibility index (Phi) is 5.92. The zero-order chi connectivity index (χ0) is 20.1. The minimum Gasteiger partial charge on any atom is -0.322 e. The number of nitrogens with one attached hydrogen (secondary N) is 2.